The van der Waals surface area contributed by atoms with Gasteiger partial charge in [-0.3, -0.25) is 10.2 Å². The highest BCUT2D eigenvalue weighted by Crippen LogP contribution is 2.24. The predicted octanol–water partition coefficient (Wildman–Crippen LogP) is 3.70. The second-order valence-electron chi connectivity index (χ2n) is 11.2. The molecule has 1 saturated heterocycles. The molecule has 236 valence electrons. The predicted molar refractivity (Wildman–Crippen MR) is 179 cm³/mol. The van der Waals surface area contributed by atoms with Gasteiger partial charge in [-0.15, -0.1) is 0 Å². The van der Waals surface area contributed by atoms with Gasteiger partial charge in [0, 0.05) is 31.7 Å². The number of hydrogen-bond donors (Lipinski definition) is 3. The monoisotopic (exact) mass is 655 g/mol. The van der Waals surface area contributed by atoms with Crippen LogP contribution in [0.5, 0.6) is 0 Å². The number of nitrogens with one attached hydrogen (secondary N) is 2. The number of nitrogens with zero attached hydrogens (tertiary/aromatic N) is 2. The Balaban J connectivity index is 1.23. The minimum Gasteiger partial charge on any atom is -0.384 e. The summed E-state index contributed by atoms with van der Waals surface area (Å²) >= 11 is 0. The molecule has 0 unspecified atom stereocenters. The number of carbonyl (C=O) groups is 1. The van der Waals surface area contributed by atoms with Gasteiger partial charge in [-0.05, 0) is 63.9 Å². The molecule has 1 amide bonds. The van der Waals surface area contributed by atoms with Crippen LogP contribution in [-0.4, -0.2) is 70.0 Å². The van der Waals surface area contributed by atoms with Crippen molar-refractivity contribution in [2.24, 2.45) is 5.73 Å². The highest BCUT2D eigenvalue weighted by Gasteiger charge is 2.34. The molecule has 1 aliphatic rings. The lowest BCUT2D eigenvalue weighted by atomic mass is 10.0. The summed E-state index contributed by atoms with van der Waals surface area (Å²) in [5, 5.41) is 11.2. The highest BCUT2D eigenvalue weighted by molar-refractivity contribution is 7.89. The SMILES string of the molecule is N=C(N)c1cccc(C[C@H](NS(=O)(=O)c2ccc3ccccc3c2)C(=O)N2CCN(S(=O)(=O)c3ccc4ccccc4c3)CC2)c1. The van der Waals surface area contributed by atoms with Gasteiger partial charge >= 0.3 is 0 Å². The molecular formula is C34H33N5O5S2. The molecule has 4 N–H and O–H groups in total. The Kier molecular flexibility index (Phi) is 8.62. The fraction of sp³-hybridized carbons (Fsp3) is 0.176. The smallest absolute Gasteiger partial charge is 0.243 e. The Morgan fingerprint density at radius 3 is 1.89 bits per heavy atom. The van der Waals surface area contributed by atoms with Gasteiger partial charge in [0.2, 0.25) is 26.0 Å². The summed E-state index contributed by atoms with van der Waals surface area (Å²) < 4.78 is 58.3. The van der Waals surface area contributed by atoms with Crippen LogP contribution in [0.2, 0.25) is 0 Å². The lowest BCUT2D eigenvalue weighted by Gasteiger charge is -2.36. The van der Waals surface area contributed by atoms with Crippen molar-refractivity contribution in [2.45, 2.75) is 22.3 Å². The van der Waals surface area contributed by atoms with E-state index in [1.807, 2.05) is 48.5 Å². The maximum absolute atomic E-state index is 14.0. The minimum absolute atomic E-state index is 0.00235. The zero-order valence-electron chi connectivity index (χ0n) is 24.8. The van der Waals surface area contributed by atoms with Crippen molar-refractivity contribution in [3.8, 4) is 0 Å². The molecule has 0 aliphatic carbocycles. The van der Waals surface area contributed by atoms with E-state index in [1.165, 1.54) is 15.3 Å². The molecule has 5 aromatic rings. The zero-order valence-corrected chi connectivity index (χ0v) is 26.5. The quantitative estimate of drug-likeness (QED) is 0.163. The van der Waals surface area contributed by atoms with E-state index in [0.29, 0.717) is 11.1 Å². The van der Waals surface area contributed by atoms with E-state index < -0.39 is 32.0 Å². The van der Waals surface area contributed by atoms with Crippen molar-refractivity contribution < 1.29 is 21.6 Å². The Labute approximate surface area is 268 Å². The maximum Gasteiger partial charge on any atom is 0.243 e. The van der Waals surface area contributed by atoms with E-state index in [2.05, 4.69) is 4.72 Å². The molecule has 5 aromatic carbocycles. The van der Waals surface area contributed by atoms with Crippen molar-refractivity contribution in [3.05, 3.63) is 120 Å². The first-order valence-corrected chi connectivity index (χ1v) is 17.7. The number of amides is 1. The molecule has 1 heterocycles. The number of carbonyl (C=O) groups excluding carboxylic acids is 1. The number of sulfonamides is 2. The van der Waals surface area contributed by atoms with Crippen LogP contribution in [0.25, 0.3) is 21.5 Å². The number of benzene rings is 5. The summed E-state index contributed by atoms with van der Waals surface area (Å²) in [6.07, 6.45) is 0.00235. The molecule has 10 nitrogen and oxygen atoms in total. The largest absolute Gasteiger partial charge is 0.384 e. The molecule has 1 aliphatic heterocycles. The van der Waals surface area contributed by atoms with Crippen LogP contribution in [-0.2, 0) is 31.3 Å². The van der Waals surface area contributed by atoms with Gasteiger partial charge in [-0.25, -0.2) is 16.8 Å². The third kappa shape index (κ3) is 6.51. The third-order valence-corrected chi connectivity index (χ3v) is 11.6. The van der Waals surface area contributed by atoms with Gasteiger partial charge < -0.3 is 10.6 Å². The average Bonchev–Trinajstić information content (AvgIpc) is 3.07. The van der Waals surface area contributed by atoms with Crippen LogP contribution >= 0.6 is 0 Å². The number of rotatable bonds is 9. The van der Waals surface area contributed by atoms with Gasteiger partial charge in [0.25, 0.3) is 0 Å². The number of nitrogens with two attached hydrogens (primary N) is 1. The highest BCUT2D eigenvalue weighted by atomic mass is 32.2. The zero-order chi connectivity index (χ0) is 32.5. The number of hydrogen-bond acceptors (Lipinski definition) is 6. The summed E-state index contributed by atoms with van der Waals surface area (Å²) in [6.45, 7) is 0.302. The summed E-state index contributed by atoms with van der Waals surface area (Å²) in [5.41, 5.74) is 6.74. The number of fused-ring (bicyclic) bond motifs is 2. The summed E-state index contributed by atoms with van der Waals surface area (Å²) in [6, 6.07) is 30.2. The molecule has 0 radical (unpaired) electrons. The lowest BCUT2D eigenvalue weighted by molar-refractivity contribution is -0.134. The van der Waals surface area contributed by atoms with E-state index in [9.17, 15) is 21.6 Å². The number of nitrogen functional groups attached to an aromatic ring is 1. The first-order chi connectivity index (χ1) is 22.0. The van der Waals surface area contributed by atoms with Crippen molar-refractivity contribution in [1.82, 2.24) is 13.9 Å². The summed E-state index contributed by atoms with van der Waals surface area (Å²) in [5.74, 6) is -0.620. The molecule has 1 atom stereocenters. The maximum atomic E-state index is 14.0. The van der Waals surface area contributed by atoms with E-state index >= 15 is 0 Å². The summed E-state index contributed by atoms with van der Waals surface area (Å²) in [4.78, 5) is 15.7. The van der Waals surface area contributed by atoms with Crippen molar-refractivity contribution >= 4 is 53.3 Å². The normalized spacial score (nSPS) is 15.2. The van der Waals surface area contributed by atoms with Crippen LogP contribution in [0.3, 0.4) is 0 Å². The molecule has 0 spiro atoms. The van der Waals surface area contributed by atoms with Gasteiger partial charge in [0.1, 0.15) is 11.9 Å². The van der Waals surface area contributed by atoms with E-state index in [-0.39, 0.29) is 48.2 Å². The molecule has 0 saturated carbocycles. The molecule has 46 heavy (non-hydrogen) atoms. The molecule has 12 heteroatoms. The van der Waals surface area contributed by atoms with Crippen molar-refractivity contribution in [2.75, 3.05) is 26.2 Å². The van der Waals surface area contributed by atoms with Crippen LogP contribution in [0.4, 0.5) is 0 Å². The number of amidine groups is 1. The first kappa shape index (κ1) is 31.4. The molecule has 0 aromatic heterocycles. The average molecular weight is 656 g/mol. The van der Waals surface area contributed by atoms with Crippen LogP contribution < -0.4 is 10.5 Å². The Morgan fingerprint density at radius 1 is 0.717 bits per heavy atom. The second-order valence-corrected chi connectivity index (χ2v) is 14.9. The first-order valence-electron chi connectivity index (χ1n) is 14.7. The molecule has 0 bridgehead atoms. The third-order valence-electron chi connectivity index (χ3n) is 8.21. The van der Waals surface area contributed by atoms with Gasteiger partial charge in [0.15, 0.2) is 0 Å². The van der Waals surface area contributed by atoms with Gasteiger partial charge in [-0.2, -0.15) is 9.03 Å². The Morgan fingerprint density at radius 2 is 1.28 bits per heavy atom. The van der Waals surface area contributed by atoms with E-state index in [0.717, 1.165) is 21.5 Å². The topological polar surface area (TPSA) is 154 Å². The molecule has 1 fully saturated rings. The van der Waals surface area contributed by atoms with Gasteiger partial charge in [0.05, 0.1) is 9.79 Å². The van der Waals surface area contributed by atoms with Crippen LogP contribution in [0.15, 0.2) is 119 Å². The van der Waals surface area contributed by atoms with Gasteiger partial charge in [-0.1, -0.05) is 78.9 Å². The minimum atomic E-state index is -4.14. The summed E-state index contributed by atoms with van der Waals surface area (Å²) in [7, 11) is -7.96. The van der Waals surface area contributed by atoms with Crippen molar-refractivity contribution in [1.29, 1.82) is 5.41 Å². The molecule has 6 rings (SSSR count). The number of piperazine rings is 1. The van der Waals surface area contributed by atoms with Crippen LogP contribution in [0, 0.1) is 5.41 Å². The molecular weight excluding hydrogens is 623 g/mol. The Hall–Kier alpha value is -4.62. The second kappa shape index (κ2) is 12.6. The Bertz CT molecular complexity index is 2180. The fourth-order valence-electron chi connectivity index (χ4n) is 5.72. The van der Waals surface area contributed by atoms with Crippen LogP contribution in [0.1, 0.15) is 11.1 Å². The van der Waals surface area contributed by atoms with E-state index in [4.69, 9.17) is 11.1 Å². The standard InChI is InChI=1S/C34H33N5O5S2/c35-33(36)29-11-5-6-24(20-29)21-32(37-45(41,42)30-14-12-25-7-1-3-9-27(25)22-30)34(40)38-16-18-39(19-17-38)46(43,44)31-15-13-26-8-2-4-10-28(26)23-31/h1-15,20,22-23,32,37H,16-19,21H2,(H3,35,36)/t32-/m0/s1. The van der Waals surface area contributed by atoms with Crippen molar-refractivity contribution in [3.63, 3.8) is 0 Å². The van der Waals surface area contributed by atoms with E-state index in [1.54, 1.807) is 54.6 Å². The fourth-order valence-corrected chi connectivity index (χ4v) is 8.40. The lowest BCUT2D eigenvalue weighted by Crippen LogP contribution is -2.56.